The Morgan fingerprint density at radius 1 is 1.40 bits per heavy atom. The molecule has 1 N–H and O–H groups in total. The number of pyridine rings is 1. The maximum Gasteiger partial charge on any atom is 0.263 e. The summed E-state index contributed by atoms with van der Waals surface area (Å²) in [7, 11) is 1.81. The molecule has 2 aromatic heterocycles. The third kappa shape index (κ3) is 3.83. The van der Waals surface area contributed by atoms with Crippen molar-refractivity contribution in [2.45, 2.75) is 52.5 Å². The lowest BCUT2D eigenvalue weighted by atomic mass is 10.1. The monoisotopic (exact) mass is 342 g/mol. The molecule has 134 valence electrons. The van der Waals surface area contributed by atoms with E-state index in [4.69, 9.17) is 0 Å². The Labute approximate surface area is 147 Å². The van der Waals surface area contributed by atoms with Gasteiger partial charge in [-0.25, -0.2) is 0 Å². The average Bonchev–Trinajstić information content (AvgIpc) is 3.32. The molecule has 2 heterocycles. The lowest BCUT2D eigenvalue weighted by molar-refractivity contribution is 0.102. The summed E-state index contributed by atoms with van der Waals surface area (Å²) in [5.74, 6) is 1.28. The molecule has 0 aromatic carbocycles. The van der Waals surface area contributed by atoms with E-state index in [0.717, 1.165) is 25.0 Å². The normalized spacial score (nSPS) is 14.1. The van der Waals surface area contributed by atoms with Crippen LogP contribution in [0.5, 0.6) is 0 Å². The first-order chi connectivity index (χ1) is 11.9. The van der Waals surface area contributed by atoms with Crippen molar-refractivity contribution in [2.24, 2.45) is 13.0 Å². The van der Waals surface area contributed by atoms with E-state index in [1.807, 2.05) is 12.1 Å². The van der Waals surface area contributed by atoms with E-state index in [0.29, 0.717) is 29.8 Å². The summed E-state index contributed by atoms with van der Waals surface area (Å²) >= 11 is 0. The molecule has 1 saturated carbocycles. The van der Waals surface area contributed by atoms with E-state index in [1.165, 1.54) is 0 Å². The minimum atomic E-state index is -0.369. The fraction of sp³-hybridized carbons (Fsp3) is 0.526. The number of nitrogens with one attached hydrogen (secondary N) is 1. The molecule has 0 saturated heterocycles. The van der Waals surface area contributed by atoms with Crippen LogP contribution >= 0.6 is 0 Å². The highest BCUT2D eigenvalue weighted by Crippen LogP contribution is 2.39. The minimum absolute atomic E-state index is 0.209. The minimum Gasteiger partial charge on any atom is -0.315 e. The molecule has 1 amide bonds. The lowest BCUT2D eigenvalue weighted by Gasteiger charge is -2.12. The van der Waals surface area contributed by atoms with Crippen LogP contribution in [0, 0.1) is 12.8 Å². The van der Waals surface area contributed by atoms with Crippen LogP contribution in [0.4, 0.5) is 5.82 Å². The van der Waals surface area contributed by atoms with Crippen molar-refractivity contribution in [1.29, 1.82) is 0 Å². The van der Waals surface area contributed by atoms with Crippen LogP contribution in [0.3, 0.4) is 0 Å². The van der Waals surface area contributed by atoms with Crippen LogP contribution < -0.4 is 10.9 Å². The maximum absolute atomic E-state index is 12.7. The molecule has 0 spiro atoms. The number of anilines is 1. The topological polar surface area (TPSA) is 68.9 Å². The van der Waals surface area contributed by atoms with Gasteiger partial charge in [0.2, 0.25) is 0 Å². The molecule has 25 heavy (non-hydrogen) atoms. The highest BCUT2D eigenvalue weighted by molar-refractivity contribution is 6.04. The Bertz CT molecular complexity index is 844. The van der Waals surface area contributed by atoms with Crippen molar-refractivity contribution >= 4 is 11.7 Å². The van der Waals surface area contributed by atoms with E-state index in [-0.39, 0.29) is 17.0 Å². The van der Waals surface area contributed by atoms with E-state index >= 15 is 0 Å². The molecule has 6 nitrogen and oxygen atoms in total. The summed E-state index contributed by atoms with van der Waals surface area (Å²) in [6.45, 7) is 6.65. The van der Waals surface area contributed by atoms with Gasteiger partial charge in [-0.2, -0.15) is 5.10 Å². The maximum atomic E-state index is 12.7. The Morgan fingerprint density at radius 3 is 2.76 bits per heavy atom. The molecule has 1 aliphatic rings. The highest BCUT2D eigenvalue weighted by atomic mass is 16.2. The number of carbonyl (C=O) groups is 1. The molecule has 0 radical (unpaired) electrons. The number of aryl methyl sites for hydroxylation is 3. The van der Waals surface area contributed by atoms with Gasteiger partial charge in [-0.15, -0.1) is 0 Å². The van der Waals surface area contributed by atoms with Crippen molar-refractivity contribution in [3.8, 4) is 0 Å². The second-order valence-electron chi connectivity index (χ2n) is 7.36. The Kier molecular flexibility index (Phi) is 4.79. The van der Waals surface area contributed by atoms with Crippen molar-refractivity contribution in [3.63, 3.8) is 0 Å². The number of amides is 1. The Morgan fingerprint density at radius 2 is 2.12 bits per heavy atom. The third-order valence-corrected chi connectivity index (χ3v) is 4.68. The average molecular weight is 342 g/mol. The number of carbonyl (C=O) groups excluding carboxylic acids is 1. The first kappa shape index (κ1) is 17.5. The molecule has 3 rings (SSSR count). The first-order valence-electron chi connectivity index (χ1n) is 8.92. The largest absolute Gasteiger partial charge is 0.315 e. The predicted molar refractivity (Wildman–Crippen MR) is 98.0 cm³/mol. The second-order valence-corrected chi connectivity index (χ2v) is 7.36. The van der Waals surface area contributed by atoms with Crippen molar-refractivity contribution in [3.05, 3.63) is 45.5 Å². The zero-order valence-electron chi connectivity index (χ0n) is 15.4. The van der Waals surface area contributed by atoms with Crippen molar-refractivity contribution < 1.29 is 4.79 Å². The summed E-state index contributed by atoms with van der Waals surface area (Å²) in [6.07, 6.45) is 4.98. The predicted octanol–water partition coefficient (Wildman–Crippen LogP) is 3.07. The van der Waals surface area contributed by atoms with Gasteiger partial charge in [0.05, 0.1) is 5.69 Å². The molecular weight excluding hydrogens is 316 g/mol. The highest BCUT2D eigenvalue weighted by Gasteiger charge is 2.27. The van der Waals surface area contributed by atoms with Crippen LogP contribution in [-0.2, 0) is 13.6 Å². The van der Waals surface area contributed by atoms with Crippen molar-refractivity contribution in [2.75, 3.05) is 5.32 Å². The fourth-order valence-corrected chi connectivity index (χ4v) is 2.88. The first-order valence-corrected chi connectivity index (χ1v) is 8.92. The second kappa shape index (κ2) is 6.86. The van der Waals surface area contributed by atoms with Gasteiger partial charge < -0.3 is 9.88 Å². The standard InChI is InChI=1S/C19H26N4O2/c1-12(2)7-9-23-10-8-13(3)17(19(23)25)18(24)20-16-11-15(14-5-6-14)21-22(16)4/h8,10-12,14H,5-7,9H2,1-4H3,(H,20,24). The van der Waals surface area contributed by atoms with Crippen LogP contribution in [-0.4, -0.2) is 20.3 Å². The smallest absolute Gasteiger partial charge is 0.263 e. The van der Waals surface area contributed by atoms with Crippen LogP contribution in [0.15, 0.2) is 23.1 Å². The van der Waals surface area contributed by atoms with Gasteiger partial charge in [-0.3, -0.25) is 14.3 Å². The SMILES string of the molecule is Cc1ccn(CCC(C)C)c(=O)c1C(=O)Nc1cc(C2CC2)nn1C. The fourth-order valence-electron chi connectivity index (χ4n) is 2.88. The molecular formula is C19H26N4O2. The summed E-state index contributed by atoms with van der Waals surface area (Å²) in [6, 6.07) is 3.74. The van der Waals surface area contributed by atoms with Gasteiger partial charge in [0, 0.05) is 31.8 Å². The third-order valence-electron chi connectivity index (χ3n) is 4.68. The molecule has 0 bridgehead atoms. The van der Waals surface area contributed by atoms with Crippen molar-refractivity contribution in [1.82, 2.24) is 14.3 Å². The van der Waals surface area contributed by atoms with Gasteiger partial charge in [0.25, 0.3) is 11.5 Å². The van der Waals surface area contributed by atoms with Gasteiger partial charge >= 0.3 is 0 Å². The number of rotatable bonds is 6. The zero-order chi connectivity index (χ0) is 18.1. The molecule has 0 unspecified atom stereocenters. The van der Waals surface area contributed by atoms with E-state index in [9.17, 15) is 9.59 Å². The van der Waals surface area contributed by atoms with Crippen LogP contribution in [0.2, 0.25) is 0 Å². The van der Waals surface area contributed by atoms with Gasteiger partial charge in [-0.1, -0.05) is 13.8 Å². The summed E-state index contributed by atoms with van der Waals surface area (Å²) in [5, 5.41) is 7.30. The number of aromatic nitrogens is 3. The number of hydrogen-bond acceptors (Lipinski definition) is 3. The summed E-state index contributed by atoms with van der Waals surface area (Å²) < 4.78 is 3.29. The zero-order valence-corrected chi connectivity index (χ0v) is 15.4. The van der Waals surface area contributed by atoms with E-state index in [2.05, 4.69) is 24.3 Å². The molecule has 0 aliphatic heterocycles. The number of hydrogen-bond donors (Lipinski definition) is 1. The molecule has 1 aliphatic carbocycles. The van der Waals surface area contributed by atoms with Crippen LogP contribution in [0.1, 0.15) is 60.6 Å². The molecule has 0 atom stereocenters. The molecule has 1 fully saturated rings. The van der Waals surface area contributed by atoms with Gasteiger partial charge in [0.15, 0.2) is 0 Å². The van der Waals surface area contributed by atoms with E-state index < -0.39 is 0 Å². The summed E-state index contributed by atoms with van der Waals surface area (Å²) in [5.41, 5.74) is 1.67. The Hall–Kier alpha value is -2.37. The Balaban J connectivity index is 1.83. The van der Waals surface area contributed by atoms with Gasteiger partial charge in [-0.05, 0) is 43.7 Å². The van der Waals surface area contributed by atoms with E-state index in [1.54, 1.807) is 29.4 Å². The quantitative estimate of drug-likeness (QED) is 0.877. The molecule has 2 aromatic rings. The summed E-state index contributed by atoms with van der Waals surface area (Å²) in [4.78, 5) is 25.4. The van der Waals surface area contributed by atoms with Gasteiger partial charge in [0.1, 0.15) is 11.4 Å². The number of nitrogens with zero attached hydrogens (tertiary/aromatic N) is 3. The lowest BCUT2D eigenvalue weighted by Crippen LogP contribution is -2.30. The molecule has 6 heteroatoms. The van der Waals surface area contributed by atoms with Crippen LogP contribution in [0.25, 0.3) is 0 Å².